The third-order valence-corrected chi connectivity index (χ3v) is 6.01. The number of carbonyl (C=O) groups is 4. The molecule has 0 saturated carbocycles. The molecular formula is C24H29F3N6O5. The second-order valence-corrected chi connectivity index (χ2v) is 9.54. The number of nitrogens with one attached hydrogen (secondary N) is 4. The summed E-state index contributed by atoms with van der Waals surface area (Å²) in [6.07, 6.45) is -4.07. The number of amides is 4. The van der Waals surface area contributed by atoms with Gasteiger partial charge in [0, 0.05) is 23.7 Å². The van der Waals surface area contributed by atoms with Crippen molar-refractivity contribution in [2.75, 3.05) is 23.7 Å². The number of aromatic nitrogens is 2. The van der Waals surface area contributed by atoms with Crippen molar-refractivity contribution < 1.29 is 37.1 Å². The molecule has 38 heavy (non-hydrogen) atoms. The summed E-state index contributed by atoms with van der Waals surface area (Å²) in [7, 11) is 0. The van der Waals surface area contributed by atoms with Crippen molar-refractivity contribution in [2.45, 2.75) is 51.9 Å². The van der Waals surface area contributed by atoms with Gasteiger partial charge in [-0.2, -0.15) is 18.3 Å². The maximum atomic E-state index is 12.8. The van der Waals surface area contributed by atoms with Crippen LogP contribution in [-0.4, -0.2) is 64.1 Å². The van der Waals surface area contributed by atoms with Gasteiger partial charge in [0.05, 0.1) is 18.3 Å². The molecule has 1 fully saturated rings. The highest BCUT2D eigenvalue weighted by Gasteiger charge is 2.44. The van der Waals surface area contributed by atoms with E-state index in [4.69, 9.17) is 4.74 Å². The monoisotopic (exact) mass is 538 g/mol. The van der Waals surface area contributed by atoms with Gasteiger partial charge in [0.25, 0.3) is 5.91 Å². The zero-order valence-corrected chi connectivity index (χ0v) is 21.0. The first-order valence-corrected chi connectivity index (χ1v) is 11.8. The third-order valence-electron chi connectivity index (χ3n) is 6.01. The number of H-pyrrole nitrogens is 1. The maximum absolute atomic E-state index is 12.8. The lowest BCUT2D eigenvalue weighted by atomic mass is 9.90. The van der Waals surface area contributed by atoms with Crippen LogP contribution in [0.4, 0.5) is 34.3 Å². The van der Waals surface area contributed by atoms with Crippen LogP contribution in [0.15, 0.2) is 36.5 Å². The van der Waals surface area contributed by atoms with Gasteiger partial charge in [-0.3, -0.25) is 14.7 Å². The number of benzene rings is 1. The Hall–Kier alpha value is -4.10. The van der Waals surface area contributed by atoms with Crippen molar-refractivity contribution in [3.05, 3.63) is 42.1 Å². The Labute approximate surface area is 216 Å². The van der Waals surface area contributed by atoms with Gasteiger partial charge in [-0.1, -0.05) is 27.2 Å². The van der Waals surface area contributed by atoms with Crippen LogP contribution >= 0.6 is 0 Å². The Bertz CT molecular complexity index is 1150. The van der Waals surface area contributed by atoms with Gasteiger partial charge in [0.15, 0.2) is 0 Å². The summed E-state index contributed by atoms with van der Waals surface area (Å²) in [6, 6.07) is 3.79. The number of hydrogen-bond donors (Lipinski definition) is 4. The fourth-order valence-electron chi connectivity index (χ4n) is 3.93. The number of anilines is 2. The highest BCUT2D eigenvalue weighted by molar-refractivity contribution is 6.42. The van der Waals surface area contributed by atoms with Crippen molar-refractivity contribution in [3.8, 4) is 0 Å². The predicted molar refractivity (Wildman–Crippen MR) is 130 cm³/mol. The van der Waals surface area contributed by atoms with Gasteiger partial charge < -0.3 is 25.6 Å². The van der Waals surface area contributed by atoms with E-state index >= 15 is 0 Å². The molecule has 4 N–H and O–H groups in total. The lowest BCUT2D eigenvalue weighted by Gasteiger charge is -2.26. The van der Waals surface area contributed by atoms with Crippen LogP contribution in [0.3, 0.4) is 0 Å². The summed E-state index contributed by atoms with van der Waals surface area (Å²) in [6.45, 7) is 5.56. The molecule has 0 unspecified atom stereocenters. The van der Waals surface area contributed by atoms with Crippen LogP contribution in [0.2, 0.25) is 0 Å². The molecule has 14 heteroatoms. The second-order valence-electron chi connectivity index (χ2n) is 9.54. The number of rotatable bonds is 8. The predicted octanol–water partition coefficient (Wildman–Crippen LogP) is 3.77. The Morgan fingerprint density at radius 3 is 2.42 bits per heavy atom. The Balaban J connectivity index is 1.57. The van der Waals surface area contributed by atoms with Gasteiger partial charge in [0.1, 0.15) is 18.0 Å². The highest BCUT2D eigenvalue weighted by atomic mass is 19.4. The number of aromatic amines is 1. The fraction of sp³-hybridized carbons (Fsp3) is 0.458. The molecule has 11 nitrogen and oxygen atoms in total. The number of ether oxygens (including phenoxy) is 1. The quantitative estimate of drug-likeness (QED) is 0.377. The van der Waals surface area contributed by atoms with Gasteiger partial charge >= 0.3 is 18.3 Å². The van der Waals surface area contributed by atoms with Crippen molar-refractivity contribution in [3.63, 3.8) is 0 Å². The molecule has 0 aliphatic carbocycles. The zero-order valence-electron chi connectivity index (χ0n) is 21.0. The second kappa shape index (κ2) is 11.5. The molecule has 2 atom stereocenters. The molecule has 0 radical (unpaired) electrons. The molecule has 2 aromatic rings. The maximum Gasteiger partial charge on any atom is 0.416 e. The van der Waals surface area contributed by atoms with E-state index in [0.29, 0.717) is 6.42 Å². The smallest absolute Gasteiger partial charge is 0.416 e. The summed E-state index contributed by atoms with van der Waals surface area (Å²) in [5.41, 5.74) is -1.33. The fourth-order valence-corrected chi connectivity index (χ4v) is 3.93. The molecule has 2 heterocycles. The Morgan fingerprint density at radius 1 is 1.16 bits per heavy atom. The first-order valence-electron chi connectivity index (χ1n) is 11.8. The number of alkyl halides is 3. The summed E-state index contributed by atoms with van der Waals surface area (Å²) in [4.78, 5) is 51.6. The van der Waals surface area contributed by atoms with Crippen LogP contribution < -0.4 is 16.0 Å². The minimum Gasteiger partial charge on any atom is -0.444 e. The minimum absolute atomic E-state index is 0.0135. The molecule has 206 valence electrons. The summed E-state index contributed by atoms with van der Waals surface area (Å²) in [5.74, 6) is -1.56. The van der Waals surface area contributed by atoms with Crippen LogP contribution in [0.25, 0.3) is 0 Å². The summed E-state index contributed by atoms with van der Waals surface area (Å²) in [5, 5.41) is 13.5. The Kier molecular flexibility index (Phi) is 8.63. The number of nitrogens with zero attached hydrogens (tertiary/aromatic N) is 2. The average Bonchev–Trinajstić information content (AvgIpc) is 3.45. The number of alkyl carbamates (subject to hydrolysis) is 1. The van der Waals surface area contributed by atoms with E-state index in [2.05, 4.69) is 26.1 Å². The van der Waals surface area contributed by atoms with Crippen LogP contribution in [0, 0.1) is 5.41 Å². The lowest BCUT2D eigenvalue weighted by Crippen LogP contribution is -2.47. The van der Waals surface area contributed by atoms with E-state index in [1.54, 1.807) is 20.8 Å². The third kappa shape index (κ3) is 7.23. The van der Waals surface area contributed by atoms with E-state index in [9.17, 15) is 32.3 Å². The van der Waals surface area contributed by atoms with Gasteiger partial charge in [-0.05, 0) is 30.7 Å². The Morgan fingerprint density at radius 2 is 1.84 bits per heavy atom. The topological polar surface area (TPSA) is 146 Å². The molecule has 0 spiro atoms. The van der Waals surface area contributed by atoms with E-state index in [1.165, 1.54) is 17.2 Å². The zero-order chi connectivity index (χ0) is 28.1. The number of Topliss-reactive ketones (excluding diaryl/α,β-unsaturated/α-hetero) is 1. The molecular weight excluding hydrogens is 509 g/mol. The van der Waals surface area contributed by atoms with Crippen LogP contribution in [-0.2, 0) is 20.5 Å². The molecule has 0 bridgehead atoms. The summed E-state index contributed by atoms with van der Waals surface area (Å²) < 4.78 is 43.8. The van der Waals surface area contributed by atoms with E-state index in [0.717, 1.165) is 24.3 Å². The summed E-state index contributed by atoms with van der Waals surface area (Å²) >= 11 is 0. The number of carbonyl (C=O) groups excluding carboxylic acids is 4. The molecule has 1 saturated heterocycles. The minimum atomic E-state index is -4.49. The molecule has 3 rings (SSSR count). The largest absolute Gasteiger partial charge is 0.444 e. The highest BCUT2D eigenvalue weighted by Crippen LogP contribution is 2.33. The lowest BCUT2D eigenvalue weighted by molar-refractivity contribution is -0.137. The van der Waals surface area contributed by atoms with Crippen LogP contribution in [0.1, 0.15) is 39.2 Å². The van der Waals surface area contributed by atoms with Crippen molar-refractivity contribution in [1.82, 2.24) is 20.4 Å². The average molecular weight is 539 g/mol. The number of halogens is 3. The van der Waals surface area contributed by atoms with Crippen molar-refractivity contribution in [2.24, 2.45) is 5.41 Å². The normalized spacial score (nSPS) is 17.4. The van der Waals surface area contributed by atoms with Gasteiger partial charge in [0.2, 0.25) is 5.78 Å². The molecule has 1 aromatic carbocycles. The standard InChI is InChI=1S/C24H29F3N6O5/c1-4-5-16(19(34)20(35)31-18-10-11-28-32-18)30-22(37)38-17-12-33(13-23(17,2)3)21(36)29-15-8-6-14(7-9-15)24(25,26)27/h6-11,16-17H,4-5,12-13H2,1-3H3,(H,29,36)(H,30,37)(H2,28,31,32,35)/t16-,17+/m0/s1. The molecule has 1 aromatic heterocycles. The van der Waals surface area contributed by atoms with E-state index < -0.39 is 53.1 Å². The number of likely N-dealkylation sites (tertiary alicyclic amines) is 1. The molecule has 4 amide bonds. The van der Waals surface area contributed by atoms with Gasteiger partial charge in [-0.15, -0.1) is 0 Å². The SMILES string of the molecule is CCC[C@H](NC(=O)O[C@@H]1CN(C(=O)Nc2ccc(C(F)(F)F)cc2)CC1(C)C)C(=O)C(=O)Nc1ccn[nH]1. The number of hydrogen-bond acceptors (Lipinski definition) is 6. The first-order chi connectivity index (χ1) is 17.8. The van der Waals surface area contributed by atoms with Crippen molar-refractivity contribution >= 4 is 35.3 Å². The first kappa shape index (κ1) is 28.5. The number of ketones is 1. The van der Waals surface area contributed by atoms with E-state index in [1.807, 2.05) is 0 Å². The van der Waals surface area contributed by atoms with Crippen molar-refractivity contribution in [1.29, 1.82) is 0 Å². The van der Waals surface area contributed by atoms with Gasteiger partial charge in [-0.25, -0.2) is 9.59 Å². The van der Waals surface area contributed by atoms with E-state index in [-0.39, 0.29) is 31.0 Å². The molecule has 1 aliphatic rings. The van der Waals surface area contributed by atoms with Crippen LogP contribution in [0.5, 0.6) is 0 Å². The molecule has 1 aliphatic heterocycles. The number of urea groups is 1.